The molecular weight excluding hydrogens is 212 g/mol. The second-order valence-corrected chi connectivity index (χ2v) is 4.49. The van der Waals surface area contributed by atoms with E-state index in [0.29, 0.717) is 0 Å². The third-order valence-corrected chi connectivity index (χ3v) is 2.05. The minimum atomic E-state index is -3.52. The number of hydrogen-bond donors (Lipinski definition) is 2. The molecule has 1 rings (SSSR count). The zero-order valence-corrected chi connectivity index (χ0v) is 8.47. The molecule has 0 saturated carbocycles. The van der Waals surface area contributed by atoms with E-state index in [4.69, 9.17) is 5.11 Å². The first-order valence-electron chi connectivity index (χ1n) is 3.30. The maximum absolute atomic E-state index is 10.7. The summed E-state index contributed by atoms with van der Waals surface area (Å²) in [5.74, 6) is 0.106. The van der Waals surface area contributed by atoms with E-state index in [1.165, 1.54) is 18.2 Å². The zero-order chi connectivity index (χ0) is 10.1. The van der Waals surface area contributed by atoms with Crippen LogP contribution >= 0.6 is 12.6 Å². The molecule has 1 aromatic carbocycles. The average Bonchev–Trinajstić information content (AvgIpc) is 1.94. The van der Waals surface area contributed by atoms with Crippen molar-refractivity contribution in [3.8, 4) is 11.5 Å². The van der Waals surface area contributed by atoms with E-state index in [0.717, 1.165) is 6.26 Å². The maximum Gasteiger partial charge on any atom is 0.306 e. The van der Waals surface area contributed by atoms with Gasteiger partial charge in [0.2, 0.25) is 0 Å². The second kappa shape index (κ2) is 3.47. The largest absolute Gasteiger partial charge is 0.507 e. The molecule has 0 aliphatic carbocycles. The van der Waals surface area contributed by atoms with Gasteiger partial charge in [-0.2, -0.15) is 8.42 Å². The van der Waals surface area contributed by atoms with Crippen molar-refractivity contribution in [2.45, 2.75) is 4.90 Å². The van der Waals surface area contributed by atoms with Crippen molar-refractivity contribution in [2.75, 3.05) is 6.26 Å². The predicted octanol–water partition coefficient (Wildman–Crippen LogP) is 1.02. The smallest absolute Gasteiger partial charge is 0.306 e. The van der Waals surface area contributed by atoms with Gasteiger partial charge >= 0.3 is 10.1 Å². The van der Waals surface area contributed by atoms with Crippen molar-refractivity contribution >= 4 is 22.7 Å². The highest BCUT2D eigenvalue weighted by Gasteiger charge is 2.05. The number of phenols is 1. The van der Waals surface area contributed by atoms with Gasteiger partial charge in [0, 0.05) is 4.90 Å². The van der Waals surface area contributed by atoms with Crippen molar-refractivity contribution in [2.24, 2.45) is 0 Å². The molecule has 4 nitrogen and oxygen atoms in total. The van der Waals surface area contributed by atoms with Gasteiger partial charge in [0.05, 0.1) is 6.26 Å². The van der Waals surface area contributed by atoms with E-state index < -0.39 is 10.1 Å². The summed E-state index contributed by atoms with van der Waals surface area (Å²) in [7, 11) is -3.52. The number of rotatable bonds is 2. The molecule has 0 aliphatic heterocycles. The first-order valence-corrected chi connectivity index (χ1v) is 5.56. The van der Waals surface area contributed by atoms with Crippen LogP contribution in [0.5, 0.6) is 11.5 Å². The van der Waals surface area contributed by atoms with Gasteiger partial charge in [-0.15, -0.1) is 12.6 Å². The minimum Gasteiger partial charge on any atom is -0.507 e. The molecule has 72 valence electrons. The van der Waals surface area contributed by atoms with E-state index in [2.05, 4.69) is 16.8 Å². The Kier molecular flexibility index (Phi) is 2.72. The van der Waals surface area contributed by atoms with Crippen LogP contribution < -0.4 is 4.18 Å². The quantitative estimate of drug-likeness (QED) is 0.577. The SMILES string of the molecule is CS(=O)(=O)Oc1ccc(O)c(S)c1. The summed E-state index contributed by atoms with van der Waals surface area (Å²) in [5, 5.41) is 9.06. The molecule has 13 heavy (non-hydrogen) atoms. The molecule has 0 radical (unpaired) electrons. The molecule has 0 spiro atoms. The molecule has 0 aromatic heterocycles. The summed E-state index contributed by atoms with van der Waals surface area (Å²) in [6.07, 6.45) is 0.943. The van der Waals surface area contributed by atoms with Crippen LogP contribution in [-0.2, 0) is 10.1 Å². The topological polar surface area (TPSA) is 63.6 Å². The molecule has 0 bridgehead atoms. The lowest BCUT2D eigenvalue weighted by Gasteiger charge is -2.03. The predicted molar refractivity (Wildman–Crippen MR) is 50.8 cm³/mol. The lowest BCUT2D eigenvalue weighted by Crippen LogP contribution is -2.05. The molecule has 0 fully saturated rings. The van der Waals surface area contributed by atoms with Crippen LogP contribution in [0.4, 0.5) is 0 Å². The number of phenolic OH excluding ortho intramolecular Hbond substituents is 1. The summed E-state index contributed by atoms with van der Waals surface area (Å²) >= 11 is 3.89. The van der Waals surface area contributed by atoms with Crippen molar-refractivity contribution < 1.29 is 17.7 Å². The first-order chi connectivity index (χ1) is 5.88. The normalized spacial score (nSPS) is 11.2. The van der Waals surface area contributed by atoms with Crippen LogP contribution in [-0.4, -0.2) is 19.8 Å². The van der Waals surface area contributed by atoms with E-state index in [9.17, 15) is 8.42 Å². The molecule has 0 unspecified atom stereocenters. The van der Waals surface area contributed by atoms with Crippen molar-refractivity contribution in [1.82, 2.24) is 0 Å². The van der Waals surface area contributed by atoms with Gasteiger partial charge in [0.1, 0.15) is 11.5 Å². The first kappa shape index (κ1) is 10.2. The van der Waals surface area contributed by atoms with Gasteiger partial charge in [-0.25, -0.2) is 0 Å². The number of benzene rings is 1. The third-order valence-electron chi connectivity index (χ3n) is 1.19. The van der Waals surface area contributed by atoms with E-state index in [1.807, 2.05) is 0 Å². The van der Waals surface area contributed by atoms with Crippen LogP contribution in [0.15, 0.2) is 23.1 Å². The highest BCUT2D eigenvalue weighted by Crippen LogP contribution is 2.26. The number of aromatic hydroxyl groups is 1. The van der Waals surface area contributed by atoms with Gasteiger partial charge in [-0.05, 0) is 18.2 Å². The van der Waals surface area contributed by atoms with E-state index >= 15 is 0 Å². The fraction of sp³-hybridized carbons (Fsp3) is 0.143. The van der Waals surface area contributed by atoms with Crippen LogP contribution in [0.2, 0.25) is 0 Å². The Labute approximate surface area is 81.7 Å². The van der Waals surface area contributed by atoms with E-state index in [-0.39, 0.29) is 16.4 Å². The molecule has 0 atom stereocenters. The standard InChI is InChI=1S/C7H8O4S2/c1-13(9,10)11-5-2-3-6(8)7(12)4-5/h2-4,8,12H,1H3. The van der Waals surface area contributed by atoms with Crippen LogP contribution in [0.1, 0.15) is 0 Å². The summed E-state index contributed by atoms with van der Waals surface area (Å²) in [4.78, 5) is 0.265. The number of thiol groups is 1. The molecule has 0 heterocycles. The fourth-order valence-corrected chi connectivity index (χ4v) is 1.38. The van der Waals surface area contributed by atoms with Gasteiger partial charge in [-0.1, -0.05) is 0 Å². The monoisotopic (exact) mass is 220 g/mol. The Morgan fingerprint density at radius 2 is 2.08 bits per heavy atom. The molecule has 0 aliphatic rings. The number of hydrogen-bond acceptors (Lipinski definition) is 5. The van der Waals surface area contributed by atoms with E-state index in [1.54, 1.807) is 0 Å². The molecule has 1 aromatic rings. The molecule has 6 heteroatoms. The lowest BCUT2D eigenvalue weighted by molar-refractivity contribution is 0.457. The Morgan fingerprint density at radius 1 is 1.46 bits per heavy atom. The van der Waals surface area contributed by atoms with Crippen LogP contribution in [0.3, 0.4) is 0 Å². The minimum absolute atomic E-state index is 0.0239. The molecular formula is C7H8O4S2. The van der Waals surface area contributed by atoms with Crippen molar-refractivity contribution in [3.63, 3.8) is 0 Å². The third kappa shape index (κ3) is 3.16. The van der Waals surface area contributed by atoms with Gasteiger partial charge in [0.15, 0.2) is 0 Å². The lowest BCUT2D eigenvalue weighted by atomic mass is 10.3. The zero-order valence-electron chi connectivity index (χ0n) is 6.76. The van der Waals surface area contributed by atoms with Crippen molar-refractivity contribution in [3.05, 3.63) is 18.2 Å². The fourth-order valence-electron chi connectivity index (χ4n) is 0.730. The molecule has 0 saturated heterocycles. The van der Waals surface area contributed by atoms with Crippen molar-refractivity contribution in [1.29, 1.82) is 0 Å². The molecule has 1 N–H and O–H groups in total. The average molecular weight is 220 g/mol. The molecule has 0 amide bonds. The Balaban J connectivity index is 2.99. The maximum atomic E-state index is 10.7. The Hall–Kier alpha value is -0.880. The highest BCUT2D eigenvalue weighted by atomic mass is 32.2. The summed E-state index contributed by atoms with van der Waals surface area (Å²) in [6.45, 7) is 0. The van der Waals surface area contributed by atoms with Gasteiger partial charge in [-0.3, -0.25) is 0 Å². The van der Waals surface area contributed by atoms with Gasteiger partial charge in [0.25, 0.3) is 0 Å². The summed E-state index contributed by atoms with van der Waals surface area (Å²) < 4.78 is 25.9. The summed E-state index contributed by atoms with van der Waals surface area (Å²) in [6, 6.07) is 3.97. The van der Waals surface area contributed by atoms with Crippen LogP contribution in [0.25, 0.3) is 0 Å². The highest BCUT2D eigenvalue weighted by molar-refractivity contribution is 7.86. The van der Waals surface area contributed by atoms with Gasteiger partial charge < -0.3 is 9.29 Å². The second-order valence-electron chi connectivity index (χ2n) is 2.44. The van der Waals surface area contributed by atoms with Crippen LogP contribution in [0, 0.1) is 0 Å². The Bertz CT molecular complexity index is 411. The summed E-state index contributed by atoms with van der Waals surface area (Å²) in [5.41, 5.74) is 0. The Morgan fingerprint density at radius 3 is 2.54 bits per heavy atom.